The summed E-state index contributed by atoms with van der Waals surface area (Å²) >= 11 is 0. The zero-order valence-corrected chi connectivity index (χ0v) is 12.8. The molecule has 1 rings (SSSR count). The predicted molar refractivity (Wildman–Crippen MR) is 81.3 cm³/mol. The first-order valence-electron chi connectivity index (χ1n) is 6.96. The van der Waals surface area contributed by atoms with E-state index in [0.717, 1.165) is 19.5 Å². The minimum absolute atomic E-state index is 0.191. The summed E-state index contributed by atoms with van der Waals surface area (Å²) < 4.78 is 0. The second-order valence-corrected chi connectivity index (χ2v) is 5.64. The zero-order chi connectivity index (χ0) is 13.8. The van der Waals surface area contributed by atoms with Gasteiger partial charge in [-0.05, 0) is 45.4 Å². The molecular weight excluding hydrogens is 220 g/mol. The van der Waals surface area contributed by atoms with Crippen molar-refractivity contribution in [3.63, 3.8) is 0 Å². The van der Waals surface area contributed by atoms with E-state index >= 15 is 0 Å². The molecular formula is C16H28N2. The van der Waals surface area contributed by atoms with Gasteiger partial charge in [0.15, 0.2) is 0 Å². The van der Waals surface area contributed by atoms with E-state index in [2.05, 4.69) is 70.1 Å². The second kappa shape index (κ2) is 6.24. The number of aryl methyl sites for hydroxylation is 1. The topological polar surface area (TPSA) is 15.3 Å². The first-order valence-corrected chi connectivity index (χ1v) is 6.96. The summed E-state index contributed by atoms with van der Waals surface area (Å²) in [6, 6.07) is 6.74. The lowest BCUT2D eigenvalue weighted by atomic mass is 9.97. The van der Waals surface area contributed by atoms with Gasteiger partial charge >= 0.3 is 0 Å². The van der Waals surface area contributed by atoms with Crippen LogP contribution in [0.15, 0.2) is 18.2 Å². The Morgan fingerprint density at radius 1 is 1.22 bits per heavy atom. The molecule has 1 N–H and O–H groups in total. The highest BCUT2D eigenvalue weighted by Crippen LogP contribution is 2.28. The third-order valence-corrected chi connectivity index (χ3v) is 3.94. The summed E-state index contributed by atoms with van der Waals surface area (Å²) in [6.07, 6.45) is 1.14. The van der Waals surface area contributed by atoms with Crippen LogP contribution in [0.4, 0.5) is 5.69 Å². The van der Waals surface area contributed by atoms with Gasteiger partial charge in [-0.25, -0.2) is 0 Å². The Morgan fingerprint density at radius 3 is 2.44 bits per heavy atom. The fourth-order valence-corrected chi connectivity index (χ4v) is 2.01. The van der Waals surface area contributed by atoms with Crippen molar-refractivity contribution < 1.29 is 0 Å². The van der Waals surface area contributed by atoms with E-state index in [1.807, 2.05) is 0 Å². The normalized spacial score (nSPS) is 11.7. The fraction of sp³-hybridized carbons (Fsp3) is 0.625. The number of anilines is 1. The van der Waals surface area contributed by atoms with Crippen molar-refractivity contribution in [1.82, 2.24) is 5.32 Å². The Morgan fingerprint density at radius 2 is 1.89 bits per heavy atom. The van der Waals surface area contributed by atoms with E-state index in [9.17, 15) is 0 Å². The van der Waals surface area contributed by atoms with E-state index in [4.69, 9.17) is 0 Å². The molecule has 0 bridgehead atoms. The molecule has 2 heteroatoms. The van der Waals surface area contributed by atoms with Gasteiger partial charge in [0.25, 0.3) is 0 Å². The highest BCUT2D eigenvalue weighted by Gasteiger charge is 2.23. The van der Waals surface area contributed by atoms with E-state index in [-0.39, 0.29) is 5.54 Å². The molecule has 0 saturated carbocycles. The molecule has 0 radical (unpaired) electrons. The van der Waals surface area contributed by atoms with E-state index in [1.54, 1.807) is 0 Å². The number of rotatable bonds is 6. The Bertz CT molecular complexity index is 383. The van der Waals surface area contributed by atoms with Gasteiger partial charge in [-0.1, -0.05) is 31.5 Å². The lowest BCUT2D eigenvalue weighted by molar-refractivity contribution is 0.469. The van der Waals surface area contributed by atoms with E-state index in [0.29, 0.717) is 0 Å². The first-order chi connectivity index (χ1) is 8.42. The molecule has 18 heavy (non-hydrogen) atoms. The van der Waals surface area contributed by atoms with Crippen LogP contribution in [0.25, 0.3) is 0 Å². The van der Waals surface area contributed by atoms with Crippen molar-refractivity contribution in [3.8, 4) is 0 Å². The number of hydrogen-bond acceptors (Lipinski definition) is 2. The van der Waals surface area contributed by atoms with Crippen molar-refractivity contribution in [2.45, 2.75) is 53.1 Å². The molecule has 0 aromatic heterocycles. The van der Waals surface area contributed by atoms with Crippen molar-refractivity contribution in [3.05, 3.63) is 29.3 Å². The van der Waals surface area contributed by atoms with Crippen LogP contribution < -0.4 is 10.2 Å². The van der Waals surface area contributed by atoms with E-state index < -0.39 is 0 Å². The summed E-state index contributed by atoms with van der Waals surface area (Å²) in [5.41, 5.74) is 4.25. The quantitative estimate of drug-likeness (QED) is 0.825. The van der Waals surface area contributed by atoms with Crippen molar-refractivity contribution in [2.75, 3.05) is 18.5 Å². The van der Waals surface area contributed by atoms with E-state index in [1.165, 1.54) is 16.8 Å². The molecule has 0 aliphatic carbocycles. The van der Waals surface area contributed by atoms with Crippen LogP contribution in [0.1, 0.15) is 45.2 Å². The number of nitrogens with one attached hydrogen (secondary N) is 1. The molecule has 0 heterocycles. The Balaban J connectivity index is 3.06. The van der Waals surface area contributed by atoms with Crippen LogP contribution in [-0.2, 0) is 6.54 Å². The van der Waals surface area contributed by atoms with Gasteiger partial charge < -0.3 is 10.2 Å². The number of hydrogen-bond donors (Lipinski definition) is 1. The molecule has 0 aliphatic heterocycles. The smallest absolute Gasteiger partial charge is 0.0413 e. The molecule has 0 spiro atoms. The third kappa shape index (κ3) is 3.49. The SMILES string of the molecule is CCNCc1cc(C)ccc1N(C)C(C)(C)CC. The fourth-order valence-electron chi connectivity index (χ4n) is 2.01. The molecule has 0 saturated heterocycles. The molecule has 0 aliphatic rings. The van der Waals surface area contributed by atoms with Crippen LogP contribution in [-0.4, -0.2) is 19.1 Å². The molecule has 0 atom stereocenters. The summed E-state index contributed by atoms with van der Waals surface area (Å²) in [5, 5.41) is 3.43. The Labute approximate surface area is 112 Å². The predicted octanol–water partition coefficient (Wildman–Crippen LogP) is 3.73. The average Bonchev–Trinajstić information content (AvgIpc) is 2.35. The average molecular weight is 248 g/mol. The number of nitrogens with zero attached hydrogens (tertiary/aromatic N) is 1. The Kier molecular flexibility index (Phi) is 5.21. The highest BCUT2D eigenvalue weighted by atomic mass is 15.2. The second-order valence-electron chi connectivity index (χ2n) is 5.64. The molecule has 0 amide bonds. The third-order valence-electron chi connectivity index (χ3n) is 3.94. The van der Waals surface area contributed by atoms with Crippen molar-refractivity contribution >= 4 is 5.69 Å². The van der Waals surface area contributed by atoms with Crippen LogP contribution in [0.3, 0.4) is 0 Å². The minimum atomic E-state index is 0.191. The van der Waals surface area contributed by atoms with Gasteiger partial charge in [-0.2, -0.15) is 0 Å². The first kappa shape index (κ1) is 15.0. The maximum absolute atomic E-state index is 3.43. The molecule has 0 fully saturated rings. The minimum Gasteiger partial charge on any atom is -0.369 e. The summed E-state index contributed by atoms with van der Waals surface area (Å²) in [5.74, 6) is 0. The van der Waals surface area contributed by atoms with Gasteiger partial charge in [0.1, 0.15) is 0 Å². The molecule has 102 valence electrons. The molecule has 1 aromatic carbocycles. The van der Waals surface area contributed by atoms with Crippen LogP contribution in [0.2, 0.25) is 0 Å². The largest absolute Gasteiger partial charge is 0.369 e. The Hall–Kier alpha value is -1.02. The monoisotopic (exact) mass is 248 g/mol. The van der Waals surface area contributed by atoms with Gasteiger partial charge in [0, 0.05) is 24.8 Å². The summed E-state index contributed by atoms with van der Waals surface area (Å²) in [6.45, 7) is 13.1. The van der Waals surface area contributed by atoms with Gasteiger partial charge in [0.05, 0.1) is 0 Å². The van der Waals surface area contributed by atoms with Crippen molar-refractivity contribution in [1.29, 1.82) is 0 Å². The lowest BCUT2D eigenvalue weighted by Gasteiger charge is -2.38. The maximum Gasteiger partial charge on any atom is 0.0413 e. The number of benzene rings is 1. The van der Waals surface area contributed by atoms with Gasteiger partial charge in [-0.3, -0.25) is 0 Å². The molecule has 1 aromatic rings. The zero-order valence-electron chi connectivity index (χ0n) is 12.8. The standard InChI is InChI=1S/C16H28N2/c1-7-16(4,5)18(6)15-10-9-13(3)11-14(15)12-17-8-2/h9-11,17H,7-8,12H2,1-6H3. The lowest BCUT2D eigenvalue weighted by Crippen LogP contribution is -2.41. The molecule has 0 unspecified atom stereocenters. The summed E-state index contributed by atoms with van der Waals surface area (Å²) in [4.78, 5) is 2.40. The van der Waals surface area contributed by atoms with Crippen molar-refractivity contribution in [2.24, 2.45) is 0 Å². The van der Waals surface area contributed by atoms with Crippen LogP contribution in [0.5, 0.6) is 0 Å². The van der Waals surface area contributed by atoms with Crippen LogP contribution in [0, 0.1) is 6.92 Å². The van der Waals surface area contributed by atoms with Crippen LogP contribution >= 0.6 is 0 Å². The summed E-state index contributed by atoms with van der Waals surface area (Å²) in [7, 11) is 2.20. The van der Waals surface area contributed by atoms with Gasteiger partial charge in [0.2, 0.25) is 0 Å². The highest BCUT2D eigenvalue weighted by molar-refractivity contribution is 5.56. The molecule has 2 nitrogen and oxygen atoms in total. The van der Waals surface area contributed by atoms with Gasteiger partial charge in [-0.15, -0.1) is 0 Å². The maximum atomic E-state index is 3.43.